The average molecular weight is 357 g/mol. The molecule has 2 amide bonds. The zero-order valence-electron chi connectivity index (χ0n) is 15.2. The first-order valence-corrected chi connectivity index (χ1v) is 8.53. The number of hydrogen-bond donors (Lipinski definition) is 1. The van der Waals surface area contributed by atoms with Crippen molar-refractivity contribution in [1.29, 1.82) is 0 Å². The molecule has 0 radical (unpaired) electrons. The molecule has 0 unspecified atom stereocenters. The van der Waals surface area contributed by atoms with Crippen molar-refractivity contribution < 1.29 is 13.9 Å². The number of carbonyl (C=O) groups excluding carboxylic acids is 1. The van der Waals surface area contributed by atoms with Crippen molar-refractivity contribution in [2.24, 2.45) is 7.05 Å². The van der Waals surface area contributed by atoms with Gasteiger partial charge in [0.25, 0.3) is 0 Å². The van der Waals surface area contributed by atoms with Gasteiger partial charge < -0.3 is 23.9 Å². The summed E-state index contributed by atoms with van der Waals surface area (Å²) in [5.41, 5.74) is 1.36. The number of carbonyl (C=O) groups is 1. The van der Waals surface area contributed by atoms with E-state index in [1.807, 2.05) is 30.8 Å². The number of urea groups is 1. The molecular weight excluding hydrogens is 334 g/mol. The monoisotopic (exact) mass is 357 g/mol. The van der Waals surface area contributed by atoms with Crippen molar-refractivity contribution in [3.05, 3.63) is 42.3 Å². The molecule has 2 heterocycles. The van der Waals surface area contributed by atoms with E-state index in [1.54, 1.807) is 30.3 Å². The summed E-state index contributed by atoms with van der Waals surface area (Å²) in [6, 6.07) is 5.24. The van der Waals surface area contributed by atoms with Crippen LogP contribution in [-0.2, 0) is 20.1 Å². The highest BCUT2D eigenvalue weighted by molar-refractivity contribution is 5.75. The van der Waals surface area contributed by atoms with E-state index in [0.717, 1.165) is 12.2 Å². The van der Waals surface area contributed by atoms with Gasteiger partial charge in [0.15, 0.2) is 5.58 Å². The Labute approximate surface area is 151 Å². The summed E-state index contributed by atoms with van der Waals surface area (Å²) in [4.78, 5) is 23.0. The Balaban J connectivity index is 1.65. The maximum atomic E-state index is 12.5. The Bertz CT molecular complexity index is 886. The summed E-state index contributed by atoms with van der Waals surface area (Å²) in [5.74, 6) is 2.00. The van der Waals surface area contributed by atoms with Crippen LogP contribution in [0, 0.1) is 0 Å². The molecule has 138 valence electrons. The largest absolute Gasteiger partial charge is 0.497 e. The number of ether oxygens (including phenoxy) is 1. The Morgan fingerprint density at radius 3 is 2.96 bits per heavy atom. The maximum absolute atomic E-state index is 12.5. The van der Waals surface area contributed by atoms with Gasteiger partial charge in [-0.15, -0.1) is 0 Å². The first-order chi connectivity index (χ1) is 12.6. The van der Waals surface area contributed by atoms with Crippen molar-refractivity contribution >= 4 is 17.1 Å². The number of benzene rings is 1. The fourth-order valence-electron chi connectivity index (χ4n) is 2.66. The molecule has 8 nitrogen and oxygen atoms in total. The van der Waals surface area contributed by atoms with Gasteiger partial charge in [0.05, 0.1) is 20.2 Å². The average Bonchev–Trinajstić information content (AvgIpc) is 3.24. The minimum absolute atomic E-state index is 0.172. The Hall–Kier alpha value is -3.03. The third-order valence-corrected chi connectivity index (χ3v) is 4.06. The van der Waals surface area contributed by atoms with Gasteiger partial charge in [0.1, 0.15) is 17.1 Å². The molecule has 0 saturated carbocycles. The summed E-state index contributed by atoms with van der Waals surface area (Å²) in [7, 11) is 3.52. The standard InChI is InChI=1S/C18H23N5O3/c1-4-8-23(12-16-19-7-9-22(16)2)18(24)20-11-17-21-14-10-13(25-3)5-6-15(14)26-17/h5-7,9-10H,4,8,11-12H2,1-3H3,(H,20,24). The lowest BCUT2D eigenvalue weighted by atomic mass is 10.3. The van der Waals surface area contributed by atoms with Crippen molar-refractivity contribution in [2.45, 2.75) is 26.4 Å². The molecule has 2 aromatic heterocycles. The molecular formula is C18H23N5O3. The second-order valence-electron chi connectivity index (χ2n) is 5.98. The van der Waals surface area contributed by atoms with E-state index in [0.29, 0.717) is 35.8 Å². The van der Waals surface area contributed by atoms with E-state index in [4.69, 9.17) is 9.15 Å². The molecule has 8 heteroatoms. The van der Waals surface area contributed by atoms with Crippen LogP contribution < -0.4 is 10.1 Å². The first-order valence-electron chi connectivity index (χ1n) is 8.53. The number of rotatable bonds is 7. The van der Waals surface area contributed by atoms with E-state index < -0.39 is 0 Å². The third-order valence-electron chi connectivity index (χ3n) is 4.06. The summed E-state index contributed by atoms with van der Waals surface area (Å²) in [6.45, 7) is 3.35. The van der Waals surface area contributed by atoms with Gasteiger partial charge in [0.2, 0.25) is 5.89 Å². The van der Waals surface area contributed by atoms with Crippen LogP contribution in [0.1, 0.15) is 25.1 Å². The fourth-order valence-corrected chi connectivity index (χ4v) is 2.66. The normalized spacial score (nSPS) is 10.9. The lowest BCUT2D eigenvalue weighted by Gasteiger charge is -2.21. The second kappa shape index (κ2) is 7.90. The molecule has 0 saturated heterocycles. The van der Waals surface area contributed by atoms with E-state index in [9.17, 15) is 4.79 Å². The van der Waals surface area contributed by atoms with Crippen LogP contribution in [-0.4, -0.2) is 39.1 Å². The molecule has 1 aromatic carbocycles. The number of nitrogens with one attached hydrogen (secondary N) is 1. The molecule has 0 aliphatic carbocycles. The Morgan fingerprint density at radius 2 is 2.27 bits per heavy atom. The van der Waals surface area contributed by atoms with Gasteiger partial charge in [-0.25, -0.2) is 14.8 Å². The summed E-state index contributed by atoms with van der Waals surface area (Å²) in [5, 5.41) is 2.87. The molecule has 0 aliphatic rings. The van der Waals surface area contributed by atoms with Gasteiger partial charge in [-0.05, 0) is 18.6 Å². The Morgan fingerprint density at radius 1 is 1.42 bits per heavy atom. The van der Waals surface area contributed by atoms with E-state index in [1.165, 1.54) is 0 Å². The predicted molar refractivity (Wildman–Crippen MR) is 96.7 cm³/mol. The quantitative estimate of drug-likeness (QED) is 0.703. The topological polar surface area (TPSA) is 85.4 Å². The number of hydrogen-bond acceptors (Lipinski definition) is 5. The van der Waals surface area contributed by atoms with Crippen LogP contribution in [0.15, 0.2) is 35.0 Å². The number of methoxy groups -OCH3 is 1. The summed E-state index contributed by atoms with van der Waals surface area (Å²) in [6.07, 6.45) is 4.45. The summed E-state index contributed by atoms with van der Waals surface area (Å²) >= 11 is 0. The summed E-state index contributed by atoms with van der Waals surface area (Å²) < 4.78 is 12.8. The number of aromatic nitrogens is 3. The lowest BCUT2D eigenvalue weighted by Crippen LogP contribution is -2.40. The third kappa shape index (κ3) is 3.96. The number of nitrogens with zero attached hydrogens (tertiary/aromatic N) is 4. The van der Waals surface area contributed by atoms with Gasteiger partial charge in [0, 0.05) is 32.1 Å². The number of amides is 2. The fraction of sp³-hybridized carbons (Fsp3) is 0.389. The highest BCUT2D eigenvalue weighted by Gasteiger charge is 2.16. The highest BCUT2D eigenvalue weighted by atomic mass is 16.5. The molecule has 0 fully saturated rings. The zero-order chi connectivity index (χ0) is 18.5. The molecule has 26 heavy (non-hydrogen) atoms. The molecule has 1 N–H and O–H groups in total. The van der Waals surface area contributed by atoms with E-state index >= 15 is 0 Å². The lowest BCUT2D eigenvalue weighted by molar-refractivity contribution is 0.191. The molecule has 3 rings (SSSR count). The second-order valence-corrected chi connectivity index (χ2v) is 5.98. The van der Waals surface area contributed by atoms with Crippen molar-refractivity contribution in [2.75, 3.05) is 13.7 Å². The molecule has 0 aliphatic heterocycles. The van der Waals surface area contributed by atoms with Gasteiger partial charge in [-0.1, -0.05) is 6.92 Å². The van der Waals surface area contributed by atoms with Crippen LogP contribution in [0.2, 0.25) is 0 Å². The minimum Gasteiger partial charge on any atom is -0.497 e. The zero-order valence-corrected chi connectivity index (χ0v) is 15.2. The number of imidazole rings is 1. The number of fused-ring (bicyclic) bond motifs is 1. The molecule has 0 atom stereocenters. The van der Waals surface area contributed by atoms with Crippen LogP contribution >= 0.6 is 0 Å². The molecule has 0 spiro atoms. The van der Waals surface area contributed by atoms with E-state index in [-0.39, 0.29) is 12.6 Å². The van der Waals surface area contributed by atoms with Crippen molar-refractivity contribution in [1.82, 2.24) is 24.8 Å². The van der Waals surface area contributed by atoms with Crippen LogP contribution in [0.3, 0.4) is 0 Å². The van der Waals surface area contributed by atoms with Gasteiger partial charge in [-0.2, -0.15) is 0 Å². The highest BCUT2D eigenvalue weighted by Crippen LogP contribution is 2.21. The molecule has 3 aromatic rings. The van der Waals surface area contributed by atoms with Crippen LogP contribution in [0.25, 0.3) is 11.1 Å². The van der Waals surface area contributed by atoms with Gasteiger partial charge >= 0.3 is 6.03 Å². The Kier molecular flexibility index (Phi) is 5.40. The maximum Gasteiger partial charge on any atom is 0.318 e. The van der Waals surface area contributed by atoms with Crippen molar-refractivity contribution in [3.8, 4) is 5.75 Å². The first kappa shape index (κ1) is 17.8. The molecule has 0 bridgehead atoms. The van der Waals surface area contributed by atoms with Crippen molar-refractivity contribution in [3.63, 3.8) is 0 Å². The van der Waals surface area contributed by atoms with Crippen LogP contribution in [0.5, 0.6) is 5.75 Å². The predicted octanol–water partition coefficient (Wildman–Crippen LogP) is 2.69. The minimum atomic E-state index is -0.172. The van der Waals surface area contributed by atoms with E-state index in [2.05, 4.69) is 15.3 Å². The van der Waals surface area contributed by atoms with Gasteiger partial charge in [-0.3, -0.25) is 0 Å². The smallest absolute Gasteiger partial charge is 0.318 e. The SMILES string of the molecule is CCCN(Cc1nccn1C)C(=O)NCc1nc2cc(OC)ccc2o1. The number of aryl methyl sites for hydroxylation is 1. The van der Waals surface area contributed by atoms with Crippen LogP contribution in [0.4, 0.5) is 4.79 Å². The number of oxazole rings is 1.